The molecule has 4 heteroatoms. The minimum Gasteiger partial charge on any atom is -0.304 e. The van der Waals surface area contributed by atoms with Crippen molar-refractivity contribution in [2.45, 2.75) is 25.2 Å². The summed E-state index contributed by atoms with van der Waals surface area (Å²) in [5, 5.41) is 3.23. The summed E-state index contributed by atoms with van der Waals surface area (Å²) in [7, 11) is 0. The van der Waals surface area contributed by atoms with Gasteiger partial charge in [-0.05, 0) is 19.8 Å². The third kappa shape index (κ3) is 1.26. The molecule has 0 aliphatic heterocycles. The normalized spacial score (nSPS) is 19.5. The van der Waals surface area contributed by atoms with Gasteiger partial charge in [0.25, 0.3) is 0 Å². The topological polar surface area (TPSA) is 48.1 Å². The minimum absolute atomic E-state index is 0.166. The molecule has 1 aromatic rings. The first kappa shape index (κ1) is 8.16. The summed E-state index contributed by atoms with van der Waals surface area (Å²) in [5.41, 5.74) is 1.33. The van der Waals surface area contributed by atoms with E-state index in [1.807, 2.05) is 6.92 Å². The van der Waals surface area contributed by atoms with Crippen LogP contribution >= 0.6 is 11.3 Å². The highest BCUT2D eigenvalue weighted by Gasteiger charge is 2.46. The van der Waals surface area contributed by atoms with E-state index in [1.165, 1.54) is 0 Å². The first-order valence-corrected chi connectivity index (χ1v) is 4.89. The van der Waals surface area contributed by atoms with Crippen LogP contribution in [0.3, 0.4) is 0 Å². The fourth-order valence-corrected chi connectivity index (χ4v) is 2.13. The van der Waals surface area contributed by atoms with Crippen LogP contribution in [0, 0.1) is 6.92 Å². The molecule has 12 heavy (non-hydrogen) atoms. The third-order valence-corrected chi connectivity index (χ3v) is 3.15. The SMILES string of the molecule is Cc1nc(C2(CON)CC2)cs1. The van der Waals surface area contributed by atoms with Gasteiger partial charge in [0.05, 0.1) is 17.3 Å². The van der Waals surface area contributed by atoms with Gasteiger partial charge in [-0.25, -0.2) is 10.9 Å². The molecule has 66 valence electrons. The van der Waals surface area contributed by atoms with E-state index in [0.717, 1.165) is 23.5 Å². The molecule has 0 unspecified atom stereocenters. The molecule has 1 saturated carbocycles. The van der Waals surface area contributed by atoms with Crippen LogP contribution in [0.2, 0.25) is 0 Å². The summed E-state index contributed by atoms with van der Waals surface area (Å²) in [6.45, 7) is 2.63. The lowest BCUT2D eigenvalue weighted by Gasteiger charge is -2.08. The van der Waals surface area contributed by atoms with Crippen LogP contribution in [-0.4, -0.2) is 11.6 Å². The van der Waals surface area contributed by atoms with E-state index in [4.69, 9.17) is 10.7 Å². The maximum Gasteiger partial charge on any atom is 0.0897 e. The number of nitrogens with zero attached hydrogens (tertiary/aromatic N) is 1. The minimum atomic E-state index is 0.166. The van der Waals surface area contributed by atoms with Gasteiger partial charge in [-0.2, -0.15) is 0 Å². The van der Waals surface area contributed by atoms with Crippen molar-refractivity contribution >= 4 is 11.3 Å². The van der Waals surface area contributed by atoms with E-state index in [9.17, 15) is 0 Å². The number of rotatable bonds is 3. The quantitative estimate of drug-likeness (QED) is 0.722. The van der Waals surface area contributed by atoms with Gasteiger partial charge >= 0.3 is 0 Å². The highest BCUT2D eigenvalue weighted by atomic mass is 32.1. The Hall–Kier alpha value is -0.450. The van der Waals surface area contributed by atoms with Gasteiger partial charge in [0.15, 0.2) is 0 Å². The van der Waals surface area contributed by atoms with E-state index in [0.29, 0.717) is 6.61 Å². The molecule has 2 rings (SSSR count). The van der Waals surface area contributed by atoms with Gasteiger partial charge in [0.1, 0.15) is 0 Å². The highest BCUT2D eigenvalue weighted by molar-refractivity contribution is 7.09. The van der Waals surface area contributed by atoms with E-state index in [1.54, 1.807) is 11.3 Å². The second-order valence-corrected chi connectivity index (χ2v) is 4.41. The molecule has 0 saturated heterocycles. The van der Waals surface area contributed by atoms with Crippen molar-refractivity contribution in [3.05, 3.63) is 16.1 Å². The molecule has 0 amide bonds. The van der Waals surface area contributed by atoms with Crippen molar-refractivity contribution in [2.24, 2.45) is 5.90 Å². The fraction of sp³-hybridized carbons (Fsp3) is 0.625. The molecule has 3 nitrogen and oxygen atoms in total. The second kappa shape index (κ2) is 2.80. The van der Waals surface area contributed by atoms with Crippen molar-refractivity contribution in [2.75, 3.05) is 6.61 Å². The second-order valence-electron chi connectivity index (χ2n) is 3.34. The number of aryl methyl sites for hydroxylation is 1. The Bertz CT molecular complexity index is 280. The molecule has 1 fully saturated rings. The number of nitrogens with two attached hydrogens (primary N) is 1. The molecule has 0 bridgehead atoms. The molecule has 2 N–H and O–H groups in total. The lowest BCUT2D eigenvalue weighted by molar-refractivity contribution is 0.115. The molecule has 1 aliphatic rings. The van der Waals surface area contributed by atoms with Crippen molar-refractivity contribution in [3.8, 4) is 0 Å². The first-order valence-electron chi connectivity index (χ1n) is 4.01. The summed E-state index contributed by atoms with van der Waals surface area (Å²) < 4.78 is 0. The Morgan fingerprint density at radius 1 is 1.75 bits per heavy atom. The first-order chi connectivity index (χ1) is 5.77. The highest BCUT2D eigenvalue weighted by Crippen LogP contribution is 2.48. The van der Waals surface area contributed by atoms with Crippen molar-refractivity contribution < 1.29 is 4.84 Å². The van der Waals surface area contributed by atoms with Gasteiger partial charge in [-0.1, -0.05) is 0 Å². The molecule has 1 aromatic heterocycles. The molecule has 1 aliphatic carbocycles. The maximum absolute atomic E-state index is 5.07. The summed E-state index contributed by atoms with van der Waals surface area (Å²) in [6.07, 6.45) is 2.32. The Balaban J connectivity index is 2.18. The Morgan fingerprint density at radius 3 is 2.92 bits per heavy atom. The predicted molar refractivity (Wildman–Crippen MR) is 47.9 cm³/mol. The van der Waals surface area contributed by atoms with Crippen molar-refractivity contribution in [3.63, 3.8) is 0 Å². The molecular weight excluding hydrogens is 172 g/mol. The summed E-state index contributed by atoms with van der Waals surface area (Å²) >= 11 is 1.69. The summed E-state index contributed by atoms with van der Waals surface area (Å²) in [6, 6.07) is 0. The van der Waals surface area contributed by atoms with E-state index < -0.39 is 0 Å². The van der Waals surface area contributed by atoms with E-state index >= 15 is 0 Å². The summed E-state index contributed by atoms with van der Waals surface area (Å²) in [4.78, 5) is 9.14. The predicted octanol–water partition coefficient (Wildman–Crippen LogP) is 1.37. The van der Waals surface area contributed by atoms with E-state index in [2.05, 4.69) is 10.4 Å². The largest absolute Gasteiger partial charge is 0.304 e. The summed E-state index contributed by atoms with van der Waals surface area (Å²) in [5.74, 6) is 5.07. The molecule has 1 heterocycles. The Morgan fingerprint density at radius 2 is 2.50 bits per heavy atom. The maximum atomic E-state index is 5.07. The van der Waals surface area contributed by atoms with E-state index in [-0.39, 0.29) is 5.41 Å². The number of hydrogen-bond acceptors (Lipinski definition) is 4. The Kier molecular flexibility index (Phi) is 1.90. The standard InChI is InChI=1S/C8H12N2OS/c1-6-10-7(4-12-6)8(2-3-8)5-11-9/h4H,2-3,5,9H2,1H3. The molecular formula is C8H12N2OS. The number of thiazole rings is 1. The zero-order valence-corrected chi connectivity index (χ0v) is 7.86. The van der Waals surface area contributed by atoms with Crippen molar-refractivity contribution in [1.82, 2.24) is 4.98 Å². The lowest BCUT2D eigenvalue weighted by atomic mass is 10.1. The van der Waals surface area contributed by atoms with Crippen LogP contribution in [0.1, 0.15) is 23.5 Å². The Labute approximate surface area is 75.5 Å². The van der Waals surface area contributed by atoms with Gasteiger partial charge in [-0.3, -0.25) is 0 Å². The molecule has 0 spiro atoms. The van der Waals surface area contributed by atoms with Gasteiger partial charge in [0.2, 0.25) is 0 Å². The lowest BCUT2D eigenvalue weighted by Crippen LogP contribution is -2.18. The fourth-order valence-electron chi connectivity index (χ4n) is 1.39. The average Bonchev–Trinajstić information content (AvgIpc) is 2.69. The molecule has 0 atom stereocenters. The van der Waals surface area contributed by atoms with Crippen LogP contribution in [0.5, 0.6) is 0 Å². The van der Waals surface area contributed by atoms with Gasteiger partial charge < -0.3 is 4.84 Å². The van der Waals surface area contributed by atoms with Crippen LogP contribution < -0.4 is 5.90 Å². The van der Waals surface area contributed by atoms with Crippen LogP contribution in [0.4, 0.5) is 0 Å². The molecule has 0 aromatic carbocycles. The third-order valence-electron chi connectivity index (χ3n) is 2.38. The number of hydrogen-bond donors (Lipinski definition) is 1. The van der Waals surface area contributed by atoms with Crippen LogP contribution in [0.25, 0.3) is 0 Å². The smallest absolute Gasteiger partial charge is 0.0897 e. The zero-order chi connectivity index (χ0) is 8.60. The van der Waals surface area contributed by atoms with Crippen LogP contribution in [-0.2, 0) is 10.3 Å². The average molecular weight is 184 g/mol. The van der Waals surface area contributed by atoms with Crippen LogP contribution in [0.15, 0.2) is 5.38 Å². The van der Waals surface area contributed by atoms with Gasteiger partial charge in [0, 0.05) is 10.8 Å². The van der Waals surface area contributed by atoms with Crippen molar-refractivity contribution in [1.29, 1.82) is 0 Å². The van der Waals surface area contributed by atoms with Gasteiger partial charge in [-0.15, -0.1) is 11.3 Å². The number of aromatic nitrogens is 1. The monoisotopic (exact) mass is 184 g/mol. The molecule has 0 radical (unpaired) electrons. The zero-order valence-electron chi connectivity index (χ0n) is 7.04.